The molecule has 4 nitrogen and oxygen atoms in total. The van der Waals surface area contributed by atoms with Gasteiger partial charge in [-0.3, -0.25) is 0 Å². The first-order chi connectivity index (χ1) is 7.72. The highest BCUT2D eigenvalue weighted by molar-refractivity contribution is 5.11. The number of rotatable bonds is 4. The molecule has 0 aromatic carbocycles. The van der Waals surface area contributed by atoms with E-state index < -0.39 is 6.10 Å². The van der Waals surface area contributed by atoms with Gasteiger partial charge in [0.05, 0.1) is 12.6 Å². The molecule has 2 aromatic heterocycles. The summed E-state index contributed by atoms with van der Waals surface area (Å²) in [4.78, 5) is 4.32. The van der Waals surface area contributed by atoms with Crippen LogP contribution in [0.1, 0.15) is 31.5 Å². The normalized spacial score (nSPS) is 12.9. The first-order valence-corrected chi connectivity index (χ1v) is 5.55. The second-order valence-electron chi connectivity index (χ2n) is 3.87. The SMILES string of the molecule is CCn1ccnc1Cn1cccc1C(C)O. The van der Waals surface area contributed by atoms with E-state index in [0.717, 1.165) is 18.1 Å². The molecule has 0 radical (unpaired) electrons. The van der Waals surface area contributed by atoms with Gasteiger partial charge in [-0.1, -0.05) is 0 Å². The third-order valence-electron chi connectivity index (χ3n) is 2.75. The summed E-state index contributed by atoms with van der Waals surface area (Å²) >= 11 is 0. The molecule has 1 atom stereocenters. The van der Waals surface area contributed by atoms with Crippen molar-refractivity contribution in [3.05, 3.63) is 42.2 Å². The zero-order valence-corrected chi connectivity index (χ0v) is 9.67. The van der Waals surface area contributed by atoms with Crippen LogP contribution in [0, 0.1) is 0 Å². The largest absolute Gasteiger partial charge is 0.387 e. The van der Waals surface area contributed by atoms with Crippen LogP contribution in [0.15, 0.2) is 30.7 Å². The van der Waals surface area contributed by atoms with Gasteiger partial charge in [-0.05, 0) is 26.0 Å². The van der Waals surface area contributed by atoms with Crippen molar-refractivity contribution >= 4 is 0 Å². The Labute approximate surface area is 95.2 Å². The van der Waals surface area contributed by atoms with Crippen LogP contribution in [0.5, 0.6) is 0 Å². The molecule has 0 fully saturated rings. The smallest absolute Gasteiger partial charge is 0.128 e. The minimum Gasteiger partial charge on any atom is -0.387 e. The maximum Gasteiger partial charge on any atom is 0.128 e. The van der Waals surface area contributed by atoms with Crippen molar-refractivity contribution in [1.82, 2.24) is 14.1 Å². The quantitative estimate of drug-likeness (QED) is 0.852. The lowest BCUT2D eigenvalue weighted by atomic mass is 10.3. The molecule has 0 amide bonds. The molecule has 86 valence electrons. The highest BCUT2D eigenvalue weighted by atomic mass is 16.3. The summed E-state index contributed by atoms with van der Waals surface area (Å²) in [5.41, 5.74) is 0.922. The molecule has 2 aromatic rings. The van der Waals surface area contributed by atoms with E-state index in [9.17, 15) is 5.11 Å². The lowest BCUT2D eigenvalue weighted by molar-refractivity contribution is 0.189. The Balaban J connectivity index is 2.23. The van der Waals surface area contributed by atoms with Gasteiger partial charge in [0.2, 0.25) is 0 Å². The summed E-state index contributed by atoms with van der Waals surface area (Å²) in [6.45, 7) is 5.49. The molecule has 0 saturated heterocycles. The molecule has 2 rings (SSSR count). The molecular weight excluding hydrogens is 202 g/mol. The maximum atomic E-state index is 9.60. The van der Waals surface area contributed by atoms with E-state index in [1.54, 1.807) is 6.92 Å². The third kappa shape index (κ3) is 2.02. The van der Waals surface area contributed by atoms with Crippen molar-refractivity contribution in [2.24, 2.45) is 0 Å². The number of hydrogen-bond acceptors (Lipinski definition) is 2. The topological polar surface area (TPSA) is 43.0 Å². The van der Waals surface area contributed by atoms with Crippen LogP contribution in [0.2, 0.25) is 0 Å². The van der Waals surface area contributed by atoms with Crippen molar-refractivity contribution in [2.75, 3.05) is 0 Å². The van der Waals surface area contributed by atoms with Crippen LogP contribution in [0.4, 0.5) is 0 Å². The molecule has 0 aliphatic rings. The molecule has 0 aliphatic carbocycles. The number of aryl methyl sites for hydroxylation is 1. The Morgan fingerprint density at radius 1 is 1.38 bits per heavy atom. The molecule has 4 heteroatoms. The first kappa shape index (κ1) is 11.0. The van der Waals surface area contributed by atoms with E-state index in [2.05, 4.69) is 16.5 Å². The number of imidazole rings is 1. The lowest BCUT2D eigenvalue weighted by Crippen LogP contribution is -2.10. The van der Waals surface area contributed by atoms with E-state index in [-0.39, 0.29) is 0 Å². The molecular formula is C12H17N3O. The van der Waals surface area contributed by atoms with Crippen LogP contribution >= 0.6 is 0 Å². The zero-order chi connectivity index (χ0) is 11.5. The fraction of sp³-hybridized carbons (Fsp3) is 0.417. The predicted molar refractivity (Wildman–Crippen MR) is 62.1 cm³/mol. The number of hydrogen-bond donors (Lipinski definition) is 1. The van der Waals surface area contributed by atoms with Gasteiger partial charge in [0.25, 0.3) is 0 Å². The molecule has 0 bridgehead atoms. The van der Waals surface area contributed by atoms with E-state index in [4.69, 9.17) is 0 Å². The standard InChI is InChI=1S/C12H17N3O/c1-3-14-8-6-13-12(14)9-15-7-4-5-11(15)10(2)16/h4-8,10,16H,3,9H2,1-2H3. The number of nitrogens with zero attached hydrogens (tertiary/aromatic N) is 3. The summed E-state index contributed by atoms with van der Waals surface area (Å²) in [5.74, 6) is 1.01. The van der Waals surface area contributed by atoms with Gasteiger partial charge >= 0.3 is 0 Å². The molecule has 1 N–H and O–H groups in total. The van der Waals surface area contributed by atoms with Crippen molar-refractivity contribution in [1.29, 1.82) is 0 Å². The molecule has 1 unspecified atom stereocenters. The second-order valence-corrected chi connectivity index (χ2v) is 3.87. The van der Waals surface area contributed by atoms with Crippen LogP contribution in [0.3, 0.4) is 0 Å². The Kier molecular flexibility index (Phi) is 3.10. The summed E-state index contributed by atoms with van der Waals surface area (Å²) in [7, 11) is 0. The Morgan fingerprint density at radius 3 is 2.88 bits per heavy atom. The molecule has 16 heavy (non-hydrogen) atoms. The van der Waals surface area contributed by atoms with Gasteiger partial charge in [-0.2, -0.15) is 0 Å². The average Bonchev–Trinajstić information content (AvgIpc) is 2.86. The van der Waals surface area contributed by atoms with E-state index >= 15 is 0 Å². The number of aliphatic hydroxyl groups excluding tert-OH is 1. The minimum atomic E-state index is -0.444. The Hall–Kier alpha value is -1.55. The first-order valence-electron chi connectivity index (χ1n) is 5.55. The summed E-state index contributed by atoms with van der Waals surface area (Å²) in [5, 5.41) is 9.60. The maximum absolute atomic E-state index is 9.60. The zero-order valence-electron chi connectivity index (χ0n) is 9.67. The molecule has 2 heterocycles. The van der Waals surface area contributed by atoms with E-state index in [1.807, 2.05) is 35.3 Å². The summed E-state index contributed by atoms with van der Waals surface area (Å²) in [6.07, 6.45) is 5.31. The lowest BCUT2D eigenvalue weighted by Gasteiger charge is -2.11. The van der Waals surface area contributed by atoms with Crippen LogP contribution in [-0.2, 0) is 13.1 Å². The van der Waals surface area contributed by atoms with Crippen molar-refractivity contribution in [2.45, 2.75) is 33.0 Å². The predicted octanol–water partition coefficient (Wildman–Crippen LogP) is 1.81. The van der Waals surface area contributed by atoms with Gasteiger partial charge < -0.3 is 14.2 Å². The second kappa shape index (κ2) is 4.53. The van der Waals surface area contributed by atoms with E-state index in [0.29, 0.717) is 6.54 Å². The van der Waals surface area contributed by atoms with Crippen molar-refractivity contribution in [3.63, 3.8) is 0 Å². The summed E-state index contributed by atoms with van der Waals surface area (Å²) < 4.78 is 4.13. The number of aromatic nitrogens is 3. The van der Waals surface area contributed by atoms with Gasteiger partial charge in [0.15, 0.2) is 0 Å². The fourth-order valence-electron chi connectivity index (χ4n) is 1.88. The van der Waals surface area contributed by atoms with Crippen LogP contribution < -0.4 is 0 Å². The summed E-state index contributed by atoms with van der Waals surface area (Å²) in [6, 6.07) is 3.88. The van der Waals surface area contributed by atoms with Crippen molar-refractivity contribution in [3.8, 4) is 0 Å². The molecule has 0 saturated carbocycles. The average molecular weight is 219 g/mol. The van der Waals surface area contributed by atoms with Crippen LogP contribution in [-0.4, -0.2) is 19.2 Å². The van der Waals surface area contributed by atoms with Gasteiger partial charge in [0, 0.05) is 30.8 Å². The fourth-order valence-corrected chi connectivity index (χ4v) is 1.88. The Bertz CT molecular complexity index is 456. The van der Waals surface area contributed by atoms with Crippen LogP contribution in [0.25, 0.3) is 0 Å². The van der Waals surface area contributed by atoms with Gasteiger partial charge in [0.1, 0.15) is 5.82 Å². The highest BCUT2D eigenvalue weighted by Crippen LogP contribution is 2.14. The monoisotopic (exact) mass is 219 g/mol. The molecule has 0 aliphatic heterocycles. The Morgan fingerprint density at radius 2 is 2.19 bits per heavy atom. The van der Waals surface area contributed by atoms with Crippen molar-refractivity contribution < 1.29 is 5.11 Å². The minimum absolute atomic E-state index is 0.444. The van der Waals surface area contributed by atoms with E-state index in [1.165, 1.54) is 0 Å². The highest BCUT2D eigenvalue weighted by Gasteiger charge is 2.09. The van der Waals surface area contributed by atoms with Gasteiger partial charge in [-0.15, -0.1) is 0 Å². The van der Waals surface area contributed by atoms with Gasteiger partial charge in [-0.25, -0.2) is 4.98 Å². The third-order valence-corrected chi connectivity index (χ3v) is 2.75. The number of aliphatic hydroxyl groups is 1. The molecule has 0 spiro atoms.